The summed E-state index contributed by atoms with van der Waals surface area (Å²) in [5.41, 5.74) is 2.90. The van der Waals surface area contributed by atoms with Crippen molar-refractivity contribution in [2.75, 3.05) is 13.1 Å². The van der Waals surface area contributed by atoms with Crippen molar-refractivity contribution < 1.29 is 0 Å². The maximum Gasteiger partial charge on any atom is 0.112 e. The average Bonchev–Trinajstić information content (AvgIpc) is 3.25. The summed E-state index contributed by atoms with van der Waals surface area (Å²) in [5.74, 6) is 1.65. The van der Waals surface area contributed by atoms with Gasteiger partial charge in [0.05, 0.1) is 11.1 Å². The monoisotopic (exact) mass is 305 g/mol. The first-order valence-corrected chi connectivity index (χ1v) is 7.94. The second kappa shape index (κ2) is 5.56. The molecule has 0 aliphatic carbocycles. The molecule has 4 heterocycles. The molecule has 0 spiro atoms. The van der Waals surface area contributed by atoms with E-state index in [9.17, 15) is 5.26 Å². The third kappa shape index (κ3) is 2.41. The number of hydrogen-bond donors (Lipinski definition) is 0. The van der Waals surface area contributed by atoms with E-state index in [4.69, 9.17) is 0 Å². The highest BCUT2D eigenvalue weighted by atomic mass is 15.2. The molecule has 0 radical (unpaired) electrons. The molecular weight excluding hydrogens is 286 g/mol. The highest BCUT2D eigenvalue weighted by Crippen LogP contribution is 2.28. The first-order chi connectivity index (χ1) is 11.3. The number of aryl methyl sites for hydroxylation is 1. The van der Waals surface area contributed by atoms with Gasteiger partial charge in [-0.2, -0.15) is 5.26 Å². The summed E-state index contributed by atoms with van der Waals surface area (Å²) in [6.07, 6.45) is 9.08. The SMILES string of the molecule is Cn1ccnc1C1CCN(Cc2cn3ccccc3c2C#N)C1. The van der Waals surface area contributed by atoms with Crippen LogP contribution in [0.3, 0.4) is 0 Å². The number of pyridine rings is 1. The van der Waals surface area contributed by atoms with E-state index in [0.29, 0.717) is 5.92 Å². The van der Waals surface area contributed by atoms with Crippen LogP contribution in [-0.2, 0) is 13.6 Å². The summed E-state index contributed by atoms with van der Waals surface area (Å²) in [5, 5.41) is 9.52. The van der Waals surface area contributed by atoms with Crippen LogP contribution < -0.4 is 0 Å². The van der Waals surface area contributed by atoms with E-state index in [0.717, 1.165) is 48.5 Å². The second-order valence-electron chi connectivity index (χ2n) is 6.25. The van der Waals surface area contributed by atoms with Crippen molar-refractivity contribution in [3.63, 3.8) is 0 Å². The summed E-state index contributed by atoms with van der Waals surface area (Å²) in [4.78, 5) is 6.91. The van der Waals surface area contributed by atoms with Crippen LogP contribution in [0.2, 0.25) is 0 Å². The van der Waals surface area contributed by atoms with Crippen molar-refractivity contribution in [1.82, 2.24) is 18.9 Å². The molecule has 5 heteroatoms. The molecule has 4 rings (SSSR count). The van der Waals surface area contributed by atoms with Gasteiger partial charge in [-0.1, -0.05) is 6.07 Å². The number of nitrogens with zero attached hydrogens (tertiary/aromatic N) is 5. The molecule has 0 saturated carbocycles. The molecule has 1 saturated heterocycles. The number of nitriles is 1. The van der Waals surface area contributed by atoms with Crippen molar-refractivity contribution in [2.24, 2.45) is 7.05 Å². The van der Waals surface area contributed by atoms with Crippen molar-refractivity contribution in [3.8, 4) is 6.07 Å². The zero-order valence-electron chi connectivity index (χ0n) is 13.2. The Morgan fingerprint density at radius 3 is 3.04 bits per heavy atom. The van der Waals surface area contributed by atoms with Crippen molar-refractivity contribution >= 4 is 5.52 Å². The van der Waals surface area contributed by atoms with E-state index in [-0.39, 0.29) is 0 Å². The Morgan fingerprint density at radius 2 is 2.26 bits per heavy atom. The van der Waals surface area contributed by atoms with Crippen molar-refractivity contribution in [3.05, 3.63) is 59.9 Å². The Morgan fingerprint density at radius 1 is 1.35 bits per heavy atom. The van der Waals surface area contributed by atoms with Gasteiger partial charge < -0.3 is 8.97 Å². The van der Waals surface area contributed by atoms with Crippen LogP contribution in [0.4, 0.5) is 0 Å². The van der Waals surface area contributed by atoms with E-state index < -0.39 is 0 Å². The minimum absolute atomic E-state index is 0.484. The zero-order chi connectivity index (χ0) is 15.8. The molecular formula is C18H19N5. The molecule has 1 unspecified atom stereocenters. The minimum Gasteiger partial charge on any atom is -0.338 e. The van der Waals surface area contributed by atoms with Crippen LogP contribution >= 0.6 is 0 Å². The molecule has 3 aromatic rings. The lowest BCUT2D eigenvalue weighted by atomic mass is 10.1. The average molecular weight is 305 g/mol. The highest BCUT2D eigenvalue weighted by Gasteiger charge is 2.27. The lowest BCUT2D eigenvalue weighted by Crippen LogP contribution is -2.20. The topological polar surface area (TPSA) is 49.3 Å². The minimum atomic E-state index is 0.484. The Kier molecular flexibility index (Phi) is 3.40. The smallest absolute Gasteiger partial charge is 0.112 e. The molecule has 1 aliphatic heterocycles. The van der Waals surface area contributed by atoms with Gasteiger partial charge in [-0.15, -0.1) is 0 Å². The summed E-state index contributed by atoms with van der Waals surface area (Å²) < 4.78 is 4.15. The Labute approximate surface area is 135 Å². The lowest BCUT2D eigenvalue weighted by Gasteiger charge is -2.15. The quantitative estimate of drug-likeness (QED) is 0.747. The molecule has 116 valence electrons. The Hall–Kier alpha value is -2.58. The van der Waals surface area contributed by atoms with E-state index in [2.05, 4.69) is 33.8 Å². The lowest BCUT2D eigenvalue weighted by molar-refractivity contribution is 0.325. The van der Waals surface area contributed by atoms with Crippen LogP contribution in [0.5, 0.6) is 0 Å². The number of likely N-dealkylation sites (tertiary alicyclic amines) is 1. The predicted molar refractivity (Wildman–Crippen MR) is 88.0 cm³/mol. The van der Waals surface area contributed by atoms with Gasteiger partial charge in [-0.3, -0.25) is 4.90 Å². The second-order valence-corrected chi connectivity index (χ2v) is 6.25. The Bertz CT molecular complexity index is 882. The summed E-state index contributed by atoms with van der Waals surface area (Å²) in [6, 6.07) is 8.35. The van der Waals surface area contributed by atoms with Gasteiger partial charge in [0.2, 0.25) is 0 Å². The Balaban J connectivity index is 1.56. The van der Waals surface area contributed by atoms with Crippen LogP contribution in [-0.4, -0.2) is 31.9 Å². The highest BCUT2D eigenvalue weighted by molar-refractivity contribution is 5.65. The van der Waals surface area contributed by atoms with Crippen LogP contribution in [0, 0.1) is 11.3 Å². The molecule has 1 atom stereocenters. The molecule has 3 aromatic heterocycles. The van der Waals surface area contributed by atoms with Gasteiger partial charge in [0, 0.05) is 56.4 Å². The number of fused-ring (bicyclic) bond motifs is 1. The molecule has 5 nitrogen and oxygen atoms in total. The molecule has 23 heavy (non-hydrogen) atoms. The fraction of sp³-hybridized carbons (Fsp3) is 0.333. The predicted octanol–water partition coefficient (Wildman–Crippen LogP) is 2.53. The number of rotatable bonds is 3. The van der Waals surface area contributed by atoms with Gasteiger partial charge >= 0.3 is 0 Å². The summed E-state index contributed by atoms with van der Waals surface area (Å²) >= 11 is 0. The first-order valence-electron chi connectivity index (χ1n) is 7.94. The fourth-order valence-corrected chi connectivity index (χ4v) is 3.62. The maximum atomic E-state index is 9.52. The fourth-order valence-electron chi connectivity index (χ4n) is 3.62. The summed E-state index contributed by atoms with van der Waals surface area (Å²) in [6.45, 7) is 2.88. The van der Waals surface area contributed by atoms with E-state index in [1.165, 1.54) is 0 Å². The molecule has 0 N–H and O–H groups in total. The van der Waals surface area contributed by atoms with Gasteiger partial charge in [-0.05, 0) is 25.1 Å². The van der Waals surface area contributed by atoms with Gasteiger partial charge in [0.25, 0.3) is 0 Å². The summed E-state index contributed by atoms with van der Waals surface area (Å²) in [7, 11) is 2.05. The number of aromatic nitrogens is 3. The molecule has 0 amide bonds. The number of imidazole rings is 1. The van der Waals surface area contributed by atoms with Crippen molar-refractivity contribution in [1.29, 1.82) is 5.26 Å². The van der Waals surface area contributed by atoms with Gasteiger partial charge in [0.1, 0.15) is 11.9 Å². The third-order valence-corrected chi connectivity index (χ3v) is 4.76. The number of hydrogen-bond acceptors (Lipinski definition) is 3. The molecule has 0 aromatic carbocycles. The maximum absolute atomic E-state index is 9.52. The first kappa shape index (κ1) is 14.0. The molecule has 1 aliphatic rings. The zero-order valence-corrected chi connectivity index (χ0v) is 13.2. The standard InChI is InChI=1S/C18H19N5/c1-21-9-6-20-18(21)14-5-8-22(11-14)12-15-13-23-7-3-2-4-17(23)16(15)10-19/h2-4,6-7,9,13-14H,5,8,11-12H2,1H3. The van der Waals surface area contributed by atoms with Crippen LogP contribution in [0.25, 0.3) is 5.52 Å². The molecule has 1 fully saturated rings. The third-order valence-electron chi connectivity index (χ3n) is 4.76. The van der Waals surface area contributed by atoms with E-state index >= 15 is 0 Å². The normalized spacial score (nSPS) is 18.5. The van der Waals surface area contributed by atoms with Gasteiger partial charge in [-0.25, -0.2) is 4.98 Å². The van der Waals surface area contributed by atoms with E-state index in [1.54, 1.807) is 0 Å². The van der Waals surface area contributed by atoms with Gasteiger partial charge in [0.15, 0.2) is 0 Å². The van der Waals surface area contributed by atoms with Crippen LogP contribution in [0.1, 0.15) is 29.3 Å². The van der Waals surface area contributed by atoms with Crippen LogP contribution in [0.15, 0.2) is 43.0 Å². The molecule has 0 bridgehead atoms. The largest absolute Gasteiger partial charge is 0.338 e. The van der Waals surface area contributed by atoms with E-state index in [1.807, 2.05) is 41.2 Å². The van der Waals surface area contributed by atoms with Crippen molar-refractivity contribution in [2.45, 2.75) is 18.9 Å².